The van der Waals surface area contributed by atoms with Gasteiger partial charge in [-0.25, -0.2) is 0 Å². The third kappa shape index (κ3) is 3.56. The Labute approximate surface area is 159 Å². The van der Waals surface area contributed by atoms with Crippen molar-refractivity contribution in [3.8, 4) is 0 Å². The summed E-state index contributed by atoms with van der Waals surface area (Å²) >= 11 is 1.82. The van der Waals surface area contributed by atoms with Crippen LogP contribution in [0.15, 0.2) is 41.8 Å². The van der Waals surface area contributed by atoms with Crippen molar-refractivity contribution in [2.45, 2.75) is 31.3 Å². The predicted octanol–water partition coefficient (Wildman–Crippen LogP) is 2.91. The van der Waals surface area contributed by atoms with E-state index in [2.05, 4.69) is 50.8 Å². The van der Waals surface area contributed by atoms with Crippen LogP contribution in [0.5, 0.6) is 0 Å². The number of hydrogen-bond acceptors (Lipinski definition) is 4. The Balaban J connectivity index is 1.55. The Hall–Kier alpha value is -1.69. The molecule has 2 aliphatic rings. The first-order valence-electron chi connectivity index (χ1n) is 9.56. The summed E-state index contributed by atoms with van der Waals surface area (Å²) < 4.78 is 0. The fourth-order valence-corrected chi connectivity index (χ4v) is 5.20. The van der Waals surface area contributed by atoms with Crippen molar-refractivity contribution < 1.29 is 4.79 Å². The van der Waals surface area contributed by atoms with Gasteiger partial charge in [-0.3, -0.25) is 9.69 Å². The van der Waals surface area contributed by atoms with E-state index in [0.29, 0.717) is 12.6 Å². The zero-order valence-electron chi connectivity index (χ0n) is 15.4. The highest BCUT2D eigenvalue weighted by molar-refractivity contribution is 7.10. The van der Waals surface area contributed by atoms with E-state index >= 15 is 0 Å². The SMILES string of the molecule is CNC1CCCN(CC(=O)N2CCc3sccc3C2c2ccccc2)C1. The van der Waals surface area contributed by atoms with E-state index in [1.807, 2.05) is 24.5 Å². The highest BCUT2D eigenvalue weighted by Gasteiger charge is 2.33. The fourth-order valence-electron chi connectivity index (χ4n) is 4.30. The van der Waals surface area contributed by atoms with Crippen LogP contribution >= 0.6 is 11.3 Å². The van der Waals surface area contributed by atoms with Gasteiger partial charge in [-0.15, -0.1) is 11.3 Å². The second kappa shape index (κ2) is 7.91. The summed E-state index contributed by atoms with van der Waals surface area (Å²) in [6.45, 7) is 3.34. The quantitative estimate of drug-likeness (QED) is 0.900. The summed E-state index contributed by atoms with van der Waals surface area (Å²) in [7, 11) is 2.02. The Morgan fingerprint density at radius 1 is 1.23 bits per heavy atom. The molecule has 4 nitrogen and oxygen atoms in total. The molecule has 26 heavy (non-hydrogen) atoms. The average molecular weight is 370 g/mol. The van der Waals surface area contributed by atoms with Gasteiger partial charge in [0.15, 0.2) is 0 Å². The van der Waals surface area contributed by atoms with Crippen molar-refractivity contribution in [3.05, 3.63) is 57.8 Å². The molecule has 0 spiro atoms. The minimum absolute atomic E-state index is 0.0589. The molecule has 0 aliphatic carbocycles. The molecular weight excluding hydrogens is 342 g/mol. The van der Waals surface area contributed by atoms with Crippen molar-refractivity contribution in [3.63, 3.8) is 0 Å². The van der Waals surface area contributed by atoms with Gasteiger partial charge in [0.05, 0.1) is 12.6 Å². The van der Waals surface area contributed by atoms with Gasteiger partial charge in [0, 0.05) is 24.0 Å². The van der Waals surface area contributed by atoms with Crippen LogP contribution in [-0.2, 0) is 11.2 Å². The zero-order valence-corrected chi connectivity index (χ0v) is 16.2. The molecule has 138 valence electrons. The summed E-state index contributed by atoms with van der Waals surface area (Å²) in [5.41, 5.74) is 2.53. The maximum atomic E-state index is 13.2. The number of piperidine rings is 1. The number of nitrogens with one attached hydrogen (secondary N) is 1. The first-order valence-corrected chi connectivity index (χ1v) is 10.4. The number of amides is 1. The molecule has 1 aromatic heterocycles. The highest BCUT2D eigenvalue weighted by Crippen LogP contribution is 2.37. The lowest BCUT2D eigenvalue weighted by molar-refractivity contribution is -0.134. The number of likely N-dealkylation sites (N-methyl/N-ethyl adjacent to an activating group) is 1. The molecule has 1 fully saturated rings. The van der Waals surface area contributed by atoms with Gasteiger partial charge in [-0.1, -0.05) is 30.3 Å². The number of fused-ring (bicyclic) bond motifs is 1. The lowest BCUT2D eigenvalue weighted by Gasteiger charge is -2.39. The molecule has 3 heterocycles. The Morgan fingerprint density at radius 2 is 2.08 bits per heavy atom. The molecule has 1 amide bonds. The van der Waals surface area contributed by atoms with Crippen LogP contribution in [0, 0.1) is 0 Å². The summed E-state index contributed by atoms with van der Waals surface area (Å²) in [4.78, 5) is 19.1. The van der Waals surface area contributed by atoms with Crippen molar-refractivity contribution in [1.29, 1.82) is 0 Å². The predicted molar refractivity (Wildman–Crippen MR) is 107 cm³/mol. The first kappa shape index (κ1) is 17.7. The van der Waals surface area contributed by atoms with Crippen molar-refractivity contribution in [2.75, 3.05) is 33.2 Å². The lowest BCUT2D eigenvalue weighted by atomic mass is 9.93. The van der Waals surface area contributed by atoms with E-state index in [1.54, 1.807) is 0 Å². The molecule has 0 saturated carbocycles. The fraction of sp³-hybridized carbons (Fsp3) is 0.476. The third-order valence-corrected chi connectivity index (χ3v) is 6.67. The average Bonchev–Trinajstić information content (AvgIpc) is 3.16. The summed E-state index contributed by atoms with van der Waals surface area (Å²) in [6.07, 6.45) is 3.34. The maximum absolute atomic E-state index is 13.2. The number of thiophene rings is 1. The molecule has 2 unspecified atom stereocenters. The zero-order chi connectivity index (χ0) is 17.9. The highest BCUT2D eigenvalue weighted by atomic mass is 32.1. The number of likely N-dealkylation sites (tertiary alicyclic amines) is 1. The molecule has 2 aliphatic heterocycles. The van der Waals surface area contributed by atoms with Gasteiger partial charge in [0.25, 0.3) is 0 Å². The number of carbonyl (C=O) groups is 1. The van der Waals surface area contributed by atoms with Gasteiger partial charge < -0.3 is 10.2 Å². The Kier molecular flexibility index (Phi) is 5.38. The van der Waals surface area contributed by atoms with Gasteiger partial charge in [0.1, 0.15) is 0 Å². The number of hydrogen-bond donors (Lipinski definition) is 1. The molecule has 1 N–H and O–H groups in total. The van der Waals surface area contributed by atoms with Crippen LogP contribution in [0.25, 0.3) is 0 Å². The standard InChI is InChI=1S/C21H27N3OS/c1-22-17-8-5-11-23(14-17)15-20(25)24-12-9-19-18(10-13-26-19)21(24)16-6-3-2-4-7-16/h2-4,6-7,10,13,17,21-22H,5,8-9,11-12,14-15H2,1H3. The molecule has 1 saturated heterocycles. The molecule has 0 bridgehead atoms. The van der Waals surface area contributed by atoms with E-state index in [-0.39, 0.29) is 11.9 Å². The molecule has 2 aromatic rings. The molecule has 2 atom stereocenters. The van der Waals surface area contributed by atoms with E-state index in [0.717, 1.165) is 32.5 Å². The topological polar surface area (TPSA) is 35.6 Å². The van der Waals surface area contributed by atoms with Gasteiger partial charge in [0.2, 0.25) is 5.91 Å². The van der Waals surface area contributed by atoms with Crippen molar-refractivity contribution in [2.24, 2.45) is 0 Å². The van der Waals surface area contributed by atoms with Crippen molar-refractivity contribution in [1.82, 2.24) is 15.1 Å². The van der Waals surface area contributed by atoms with Crippen LogP contribution in [0.4, 0.5) is 0 Å². The van der Waals surface area contributed by atoms with E-state index < -0.39 is 0 Å². The molecular formula is C21H27N3OS. The first-order chi connectivity index (χ1) is 12.8. The number of rotatable bonds is 4. The molecule has 4 rings (SSSR count). The van der Waals surface area contributed by atoms with Crippen molar-refractivity contribution >= 4 is 17.2 Å². The maximum Gasteiger partial charge on any atom is 0.237 e. The smallest absolute Gasteiger partial charge is 0.237 e. The van der Waals surface area contributed by atoms with Crippen LogP contribution in [-0.4, -0.2) is 55.0 Å². The minimum atomic E-state index is 0.0589. The van der Waals surface area contributed by atoms with Gasteiger partial charge in [-0.05, 0) is 55.4 Å². The normalized spacial score (nSPS) is 23.7. The van der Waals surface area contributed by atoms with Crippen LogP contribution in [0.3, 0.4) is 0 Å². The molecule has 1 aromatic carbocycles. The monoisotopic (exact) mass is 369 g/mol. The van der Waals surface area contributed by atoms with Gasteiger partial charge >= 0.3 is 0 Å². The number of benzene rings is 1. The summed E-state index contributed by atoms with van der Waals surface area (Å²) in [5, 5.41) is 5.53. The largest absolute Gasteiger partial charge is 0.330 e. The van der Waals surface area contributed by atoms with Gasteiger partial charge in [-0.2, -0.15) is 0 Å². The Morgan fingerprint density at radius 3 is 2.88 bits per heavy atom. The minimum Gasteiger partial charge on any atom is -0.330 e. The molecule has 0 radical (unpaired) electrons. The van der Waals surface area contributed by atoms with Crippen LogP contribution in [0.1, 0.15) is 34.9 Å². The van der Waals surface area contributed by atoms with E-state index in [4.69, 9.17) is 0 Å². The van der Waals surface area contributed by atoms with E-state index in [1.165, 1.54) is 22.4 Å². The van der Waals surface area contributed by atoms with E-state index in [9.17, 15) is 4.79 Å². The number of nitrogens with zero attached hydrogens (tertiary/aromatic N) is 2. The number of carbonyl (C=O) groups excluding carboxylic acids is 1. The Bertz CT molecular complexity index is 745. The summed E-state index contributed by atoms with van der Waals surface area (Å²) in [6, 6.07) is 13.2. The second-order valence-electron chi connectivity index (χ2n) is 7.31. The molecule has 5 heteroatoms. The van der Waals surface area contributed by atoms with Crippen LogP contribution < -0.4 is 5.32 Å². The third-order valence-electron chi connectivity index (χ3n) is 5.67. The lowest BCUT2D eigenvalue weighted by Crippen LogP contribution is -2.50. The van der Waals surface area contributed by atoms with Crippen LogP contribution in [0.2, 0.25) is 0 Å². The summed E-state index contributed by atoms with van der Waals surface area (Å²) in [5.74, 6) is 0.257. The second-order valence-corrected chi connectivity index (χ2v) is 8.31.